The first-order chi connectivity index (χ1) is 14.6. The standard InChI is InChI=1S/C22H31N7O/c1-15-20(21(23)28-22(25-15)26-18-7-8-18)27-19(30)13-24-12-16-5-4-6-17(11-16)14-29-9-2-3-10-29/h4-6,11,18,24H,2-3,7-10,12-14H2,1H3,(H,27,30)(H3,23,25,26,28). The van der Waals surface area contributed by atoms with Crippen LogP contribution in [0.4, 0.5) is 17.5 Å². The summed E-state index contributed by atoms with van der Waals surface area (Å²) in [4.78, 5) is 23.5. The molecule has 4 rings (SSSR count). The average Bonchev–Trinajstić information content (AvgIpc) is 3.37. The normalized spacial score (nSPS) is 16.6. The first-order valence-electron chi connectivity index (χ1n) is 10.8. The molecule has 1 aromatic heterocycles. The maximum atomic E-state index is 12.4. The van der Waals surface area contributed by atoms with Crippen LogP contribution in [0.2, 0.25) is 0 Å². The van der Waals surface area contributed by atoms with Crippen LogP contribution in [0.25, 0.3) is 0 Å². The maximum absolute atomic E-state index is 12.4. The van der Waals surface area contributed by atoms with E-state index in [1.807, 2.05) is 6.92 Å². The van der Waals surface area contributed by atoms with Crippen LogP contribution in [0.15, 0.2) is 24.3 Å². The smallest absolute Gasteiger partial charge is 0.238 e. The molecule has 2 aromatic rings. The van der Waals surface area contributed by atoms with Gasteiger partial charge in [0.2, 0.25) is 11.9 Å². The fourth-order valence-electron chi connectivity index (χ4n) is 3.77. The van der Waals surface area contributed by atoms with Crippen LogP contribution < -0.4 is 21.7 Å². The van der Waals surface area contributed by atoms with Gasteiger partial charge in [-0.05, 0) is 56.8 Å². The fourth-order valence-corrected chi connectivity index (χ4v) is 3.77. The van der Waals surface area contributed by atoms with Crippen molar-refractivity contribution in [2.75, 3.05) is 36.0 Å². The molecule has 1 amide bonds. The van der Waals surface area contributed by atoms with Crippen molar-refractivity contribution in [1.82, 2.24) is 20.2 Å². The van der Waals surface area contributed by atoms with Crippen molar-refractivity contribution >= 4 is 23.4 Å². The van der Waals surface area contributed by atoms with Crippen molar-refractivity contribution in [2.45, 2.75) is 51.7 Å². The SMILES string of the molecule is Cc1nc(NC2CC2)nc(N)c1NC(=O)CNCc1cccc(CN2CCCC2)c1. The van der Waals surface area contributed by atoms with Crippen molar-refractivity contribution in [1.29, 1.82) is 0 Å². The number of aryl methyl sites for hydroxylation is 1. The van der Waals surface area contributed by atoms with Crippen molar-refractivity contribution in [3.63, 3.8) is 0 Å². The third-order valence-electron chi connectivity index (χ3n) is 5.50. The fraction of sp³-hybridized carbons (Fsp3) is 0.500. The molecule has 1 saturated heterocycles. The Hall–Kier alpha value is -2.71. The first kappa shape index (κ1) is 20.6. The van der Waals surface area contributed by atoms with Gasteiger partial charge in [-0.1, -0.05) is 24.3 Å². The molecule has 2 fully saturated rings. The summed E-state index contributed by atoms with van der Waals surface area (Å²) < 4.78 is 0. The van der Waals surface area contributed by atoms with Gasteiger partial charge < -0.3 is 21.7 Å². The number of nitrogen functional groups attached to an aromatic ring is 1. The third kappa shape index (κ3) is 5.67. The lowest BCUT2D eigenvalue weighted by molar-refractivity contribution is -0.115. The molecule has 30 heavy (non-hydrogen) atoms. The highest BCUT2D eigenvalue weighted by molar-refractivity contribution is 5.95. The Morgan fingerprint density at radius 1 is 1.20 bits per heavy atom. The first-order valence-corrected chi connectivity index (χ1v) is 10.8. The quantitative estimate of drug-likeness (QED) is 0.503. The number of likely N-dealkylation sites (tertiary alicyclic amines) is 1. The number of carbonyl (C=O) groups is 1. The Balaban J connectivity index is 1.26. The summed E-state index contributed by atoms with van der Waals surface area (Å²) in [6.45, 7) is 6.02. The predicted octanol–water partition coefficient (Wildman–Crippen LogP) is 2.27. The van der Waals surface area contributed by atoms with Gasteiger partial charge in [0.25, 0.3) is 0 Å². The molecule has 1 aliphatic heterocycles. The Morgan fingerprint density at radius 2 is 1.97 bits per heavy atom. The summed E-state index contributed by atoms with van der Waals surface area (Å²) in [6.07, 6.45) is 4.86. The second-order valence-electron chi connectivity index (χ2n) is 8.27. The van der Waals surface area contributed by atoms with Crippen LogP contribution in [0.3, 0.4) is 0 Å². The van der Waals surface area contributed by atoms with E-state index in [4.69, 9.17) is 5.73 Å². The van der Waals surface area contributed by atoms with E-state index in [0.29, 0.717) is 29.9 Å². The van der Waals surface area contributed by atoms with Gasteiger partial charge in [0.1, 0.15) is 5.69 Å². The van der Waals surface area contributed by atoms with E-state index in [-0.39, 0.29) is 18.3 Å². The summed E-state index contributed by atoms with van der Waals surface area (Å²) in [6, 6.07) is 9.00. The molecule has 0 radical (unpaired) electrons. The van der Waals surface area contributed by atoms with Crippen molar-refractivity contribution in [2.24, 2.45) is 0 Å². The molecule has 5 N–H and O–H groups in total. The lowest BCUT2D eigenvalue weighted by atomic mass is 10.1. The predicted molar refractivity (Wildman–Crippen MR) is 119 cm³/mol. The van der Waals surface area contributed by atoms with Gasteiger partial charge in [0.05, 0.1) is 12.2 Å². The molecule has 1 saturated carbocycles. The largest absolute Gasteiger partial charge is 0.382 e. The van der Waals surface area contributed by atoms with Gasteiger partial charge in [0.15, 0.2) is 5.82 Å². The Morgan fingerprint density at radius 3 is 2.70 bits per heavy atom. The van der Waals surface area contributed by atoms with Gasteiger partial charge in [-0.2, -0.15) is 4.98 Å². The molecule has 0 unspecified atom stereocenters. The molecule has 8 nitrogen and oxygen atoms in total. The Labute approximate surface area is 177 Å². The lowest BCUT2D eigenvalue weighted by Gasteiger charge is -2.15. The number of aromatic nitrogens is 2. The zero-order chi connectivity index (χ0) is 20.9. The summed E-state index contributed by atoms with van der Waals surface area (Å²) in [5, 5.41) is 9.27. The molecule has 1 aliphatic carbocycles. The molecule has 8 heteroatoms. The maximum Gasteiger partial charge on any atom is 0.238 e. The highest BCUT2D eigenvalue weighted by Crippen LogP contribution is 2.26. The van der Waals surface area contributed by atoms with Crippen LogP contribution in [-0.4, -0.2) is 46.5 Å². The van der Waals surface area contributed by atoms with Crippen LogP contribution in [0.5, 0.6) is 0 Å². The number of nitrogens with zero attached hydrogens (tertiary/aromatic N) is 3. The van der Waals surface area contributed by atoms with Gasteiger partial charge in [0, 0.05) is 19.1 Å². The number of carbonyl (C=O) groups excluding carboxylic acids is 1. The molecule has 0 spiro atoms. The second-order valence-corrected chi connectivity index (χ2v) is 8.27. The van der Waals surface area contributed by atoms with Gasteiger partial charge in [-0.15, -0.1) is 0 Å². The number of nitrogens with two attached hydrogens (primary N) is 1. The summed E-state index contributed by atoms with van der Waals surface area (Å²) in [5.74, 6) is 0.649. The second kappa shape index (κ2) is 9.40. The molecule has 2 aliphatic rings. The molecule has 0 atom stereocenters. The molecule has 160 valence electrons. The number of hydrogen-bond acceptors (Lipinski definition) is 7. The number of nitrogens with one attached hydrogen (secondary N) is 3. The van der Waals surface area contributed by atoms with E-state index in [1.54, 1.807) is 0 Å². The molecule has 2 heterocycles. The minimum absolute atomic E-state index is 0.162. The number of amides is 1. The number of anilines is 3. The van der Waals surface area contributed by atoms with Gasteiger partial charge >= 0.3 is 0 Å². The highest BCUT2D eigenvalue weighted by atomic mass is 16.1. The lowest BCUT2D eigenvalue weighted by Crippen LogP contribution is -2.28. The number of rotatable bonds is 9. The zero-order valence-electron chi connectivity index (χ0n) is 17.6. The molecule has 0 bridgehead atoms. The summed E-state index contributed by atoms with van der Waals surface area (Å²) in [7, 11) is 0. The molecule has 1 aromatic carbocycles. The van der Waals surface area contributed by atoms with Crippen LogP contribution in [-0.2, 0) is 17.9 Å². The van der Waals surface area contributed by atoms with Crippen molar-refractivity contribution < 1.29 is 4.79 Å². The number of hydrogen-bond donors (Lipinski definition) is 4. The van der Waals surface area contributed by atoms with Gasteiger partial charge in [-0.3, -0.25) is 9.69 Å². The van der Waals surface area contributed by atoms with Gasteiger partial charge in [-0.25, -0.2) is 4.98 Å². The number of benzene rings is 1. The van der Waals surface area contributed by atoms with E-state index < -0.39 is 0 Å². The Kier molecular flexibility index (Phi) is 6.44. The zero-order valence-corrected chi connectivity index (χ0v) is 17.6. The Bertz CT molecular complexity index is 868. The van der Waals surface area contributed by atoms with E-state index in [0.717, 1.165) is 19.4 Å². The minimum atomic E-state index is -0.162. The minimum Gasteiger partial charge on any atom is -0.382 e. The topological polar surface area (TPSA) is 108 Å². The van der Waals surface area contributed by atoms with Crippen LogP contribution in [0.1, 0.15) is 42.5 Å². The van der Waals surface area contributed by atoms with Crippen molar-refractivity contribution in [3.05, 3.63) is 41.1 Å². The average molecular weight is 410 g/mol. The van der Waals surface area contributed by atoms with E-state index in [1.165, 1.54) is 37.1 Å². The summed E-state index contributed by atoms with van der Waals surface area (Å²) in [5.41, 5.74) is 9.68. The van der Waals surface area contributed by atoms with Crippen molar-refractivity contribution in [3.8, 4) is 0 Å². The van der Waals surface area contributed by atoms with Crippen LogP contribution in [0, 0.1) is 6.92 Å². The van der Waals surface area contributed by atoms with E-state index >= 15 is 0 Å². The third-order valence-corrected chi connectivity index (χ3v) is 5.50. The van der Waals surface area contributed by atoms with Crippen LogP contribution >= 0.6 is 0 Å². The highest BCUT2D eigenvalue weighted by Gasteiger charge is 2.23. The van der Waals surface area contributed by atoms with E-state index in [2.05, 4.69) is 55.1 Å². The summed E-state index contributed by atoms with van der Waals surface area (Å²) >= 11 is 0. The molecular weight excluding hydrogens is 378 g/mol. The molecular formula is C22H31N7O. The monoisotopic (exact) mass is 409 g/mol. The van der Waals surface area contributed by atoms with E-state index in [9.17, 15) is 4.79 Å².